The van der Waals surface area contributed by atoms with Crippen molar-refractivity contribution in [2.75, 3.05) is 37.0 Å². The lowest BCUT2D eigenvalue weighted by Crippen LogP contribution is -2.20. The Labute approximate surface area is 140 Å². The van der Waals surface area contributed by atoms with Crippen molar-refractivity contribution in [1.29, 1.82) is 0 Å². The molecular formula is C18H22F2N2O2. The molecule has 0 unspecified atom stereocenters. The predicted molar refractivity (Wildman–Crippen MR) is 92.1 cm³/mol. The van der Waals surface area contributed by atoms with E-state index >= 15 is 0 Å². The van der Waals surface area contributed by atoms with Crippen LogP contribution in [0.3, 0.4) is 0 Å². The van der Waals surface area contributed by atoms with Gasteiger partial charge in [-0.3, -0.25) is 0 Å². The van der Waals surface area contributed by atoms with E-state index in [1.807, 2.05) is 48.3 Å². The Bertz CT molecular complexity index is 603. The summed E-state index contributed by atoms with van der Waals surface area (Å²) in [4.78, 5) is 1.97. The molecule has 0 aliphatic carbocycles. The second-order valence-electron chi connectivity index (χ2n) is 5.39. The molecule has 0 fully saturated rings. The Morgan fingerprint density at radius 3 is 2.33 bits per heavy atom. The standard InChI is InChI=1S/C18H22F2N2O2/c1-22(10-11-23)16-6-4-15(5-7-16)21-12-14-2-8-17(9-3-14)24-13-18(19)20/h2-9,18,21,23H,10-13H2,1H3. The fourth-order valence-electron chi connectivity index (χ4n) is 2.18. The average molecular weight is 336 g/mol. The molecule has 0 amide bonds. The van der Waals surface area contributed by atoms with Gasteiger partial charge in [-0.15, -0.1) is 0 Å². The molecule has 0 spiro atoms. The molecular weight excluding hydrogens is 314 g/mol. The summed E-state index contributed by atoms with van der Waals surface area (Å²) in [5.74, 6) is 0.440. The minimum atomic E-state index is -2.47. The Morgan fingerprint density at radius 1 is 1.08 bits per heavy atom. The predicted octanol–water partition coefficient (Wildman–Crippen LogP) is 3.37. The zero-order chi connectivity index (χ0) is 17.4. The maximum Gasteiger partial charge on any atom is 0.272 e. The van der Waals surface area contributed by atoms with Gasteiger partial charge in [0, 0.05) is 31.5 Å². The van der Waals surface area contributed by atoms with E-state index < -0.39 is 13.0 Å². The number of aliphatic hydroxyl groups excluding tert-OH is 1. The van der Waals surface area contributed by atoms with E-state index in [2.05, 4.69) is 5.32 Å². The molecule has 6 heteroatoms. The first-order valence-corrected chi connectivity index (χ1v) is 7.74. The van der Waals surface area contributed by atoms with Gasteiger partial charge in [0.2, 0.25) is 0 Å². The van der Waals surface area contributed by atoms with Crippen molar-refractivity contribution in [2.45, 2.75) is 13.0 Å². The van der Waals surface area contributed by atoms with Gasteiger partial charge in [0.1, 0.15) is 12.4 Å². The fraction of sp³-hybridized carbons (Fsp3) is 0.333. The molecule has 0 aliphatic heterocycles. The van der Waals surface area contributed by atoms with Gasteiger partial charge in [0.25, 0.3) is 6.43 Å². The van der Waals surface area contributed by atoms with E-state index in [0.29, 0.717) is 18.8 Å². The summed E-state index contributed by atoms with van der Waals surface area (Å²) in [6, 6.07) is 15.0. The van der Waals surface area contributed by atoms with Gasteiger partial charge in [0.05, 0.1) is 6.61 Å². The number of halogens is 2. The van der Waals surface area contributed by atoms with Crippen molar-refractivity contribution in [2.24, 2.45) is 0 Å². The topological polar surface area (TPSA) is 44.7 Å². The summed E-state index contributed by atoms with van der Waals surface area (Å²) < 4.78 is 29.1. The third-order valence-electron chi connectivity index (χ3n) is 3.54. The van der Waals surface area contributed by atoms with Gasteiger partial charge >= 0.3 is 0 Å². The average Bonchev–Trinajstić information content (AvgIpc) is 2.59. The van der Waals surface area contributed by atoms with Crippen molar-refractivity contribution in [3.63, 3.8) is 0 Å². The molecule has 0 heterocycles. The van der Waals surface area contributed by atoms with Gasteiger partial charge in [-0.25, -0.2) is 8.78 Å². The molecule has 2 N–H and O–H groups in total. The van der Waals surface area contributed by atoms with Crippen LogP contribution in [0.25, 0.3) is 0 Å². The number of aliphatic hydroxyl groups is 1. The minimum absolute atomic E-state index is 0.119. The van der Waals surface area contributed by atoms with Crippen LogP contribution in [0.15, 0.2) is 48.5 Å². The van der Waals surface area contributed by atoms with Gasteiger partial charge in [-0.1, -0.05) is 12.1 Å². The SMILES string of the molecule is CN(CCO)c1ccc(NCc2ccc(OCC(F)F)cc2)cc1. The highest BCUT2D eigenvalue weighted by Crippen LogP contribution is 2.18. The van der Waals surface area contributed by atoms with Crippen LogP contribution in [-0.2, 0) is 6.54 Å². The summed E-state index contributed by atoms with van der Waals surface area (Å²) in [5.41, 5.74) is 3.05. The maximum atomic E-state index is 12.1. The lowest BCUT2D eigenvalue weighted by atomic mass is 10.2. The van der Waals surface area contributed by atoms with Crippen LogP contribution in [0.4, 0.5) is 20.2 Å². The van der Waals surface area contributed by atoms with Gasteiger partial charge in [0.15, 0.2) is 0 Å². The molecule has 0 saturated carbocycles. The Kier molecular flexibility index (Phi) is 6.81. The van der Waals surface area contributed by atoms with E-state index in [1.165, 1.54) is 0 Å². The number of rotatable bonds is 9. The normalized spacial score (nSPS) is 10.7. The molecule has 0 aliphatic rings. The number of benzene rings is 2. The number of hydrogen-bond donors (Lipinski definition) is 2. The molecule has 0 radical (unpaired) electrons. The van der Waals surface area contributed by atoms with E-state index in [9.17, 15) is 8.78 Å². The van der Waals surface area contributed by atoms with Crippen molar-refractivity contribution >= 4 is 11.4 Å². The zero-order valence-corrected chi connectivity index (χ0v) is 13.6. The third kappa shape index (κ3) is 5.70. The fourth-order valence-corrected chi connectivity index (χ4v) is 2.18. The van der Waals surface area contributed by atoms with E-state index in [0.717, 1.165) is 16.9 Å². The smallest absolute Gasteiger partial charge is 0.272 e. The monoisotopic (exact) mass is 336 g/mol. The quantitative estimate of drug-likeness (QED) is 0.737. The molecule has 4 nitrogen and oxygen atoms in total. The molecule has 24 heavy (non-hydrogen) atoms. The van der Waals surface area contributed by atoms with Crippen LogP contribution in [-0.4, -0.2) is 38.3 Å². The van der Waals surface area contributed by atoms with Crippen molar-refractivity contribution < 1.29 is 18.6 Å². The highest BCUT2D eigenvalue weighted by molar-refractivity contribution is 5.55. The molecule has 130 valence electrons. The summed E-state index contributed by atoms with van der Waals surface area (Å²) in [5, 5.41) is 12.2. The summed E-state index contributed by atoms with van der Waals surface area (Å²) >= 11 is 0. The van der Waals surface area contributed by atoms with Crippen molar-refractivity contribution in [1.82, 2.24) is 0 Å². The van der Waals surface area contributed by atoms with Gasteiger partial charge < -0.3 is 20.1 Å². The van der Waals surface area contributed by atoms with Crippen LogP contribution >= 0.6 is 0 Å². The van der Waals surface area contributed by atoms with Gasteiger partial charge in [-0.05, 0) is 42.0 Å². The first kappa shape index (κ1) is 18.0. The molecule has 0 atom stereocenters. The van der Waals surface area contributed by atoms with Crippen LogP contribution in [0.5, 0.6) is 5.75 Å². The van der Waals surface area contributed by atoms with Crippen LogP contribution in [0.2, 0.25) is 0 Å². The summed E-state index contributed by atoms with van der Waals surface area (Å²) in [6.07, 6.45) is -2.47. The Balaban J connectivity index is 1.84. The number of alkyl halides is 2. The Morgan fingerprint density at radius 2 is 1.75 bits per heavy atom. The number of nitrogens with one attached hydrogen (secondary N) is 1. The molecule has 2 aromatic rings. The molecule has 0 aromatic heterocycles. The zero-order valence-electron chi connectivity index (χ0n) is 13.6. The number of nitrogens with zero attached hydrogens (tertiary/aromatic N) is 1. The highest BCUT2D eigenvalue weighted by Gasteiger charge is 2.04. The largest absolute Gasteiger partial charge is 0.488 e. The first-order chi connectivity index (χ1) is 11.6. The summed E-state index contributed by atoms with van der Waals surface area (Å²) in [7, 11) is 1.93. The van der Waals surface area contributed by atoms with E-state index in [-0.39, 0.29) is 6.61 Å². The molecule has 0 bridgehead atoms. The second kappa shape index (κ2) is 9.08. The second-order valence-corrected chi connectivity index (χ2v) is 5.39. The van der Waals surface area contributed by atoms with Crippen molar-refractivity contribution in [3.05, 3.63) is 54.1 Å². The molecule has 0 saturated heterocycles. The lowest BCUT2D eigenvalue weighted by molar-refractivity contribution is 0.0819. The van der Waals surface area contributed by atoms with Gasteiger partial charge in [-0.2, -0.15) is 0 Å². The van der Waals surface area contributed by atoms with Crippen LogP contribution < -0.4 is 15.0 Å². The minimum Gasteiger partial charge on any atom is -0.488 e. The van der Waals surface area contributed by atoms with Crippen LogP contribution in [0, 0.1) is 0 Å². The van der Waals surface area contributed by atoms with E-state index in [1.54, 1.807) is 12.1 Å². The number of hydrogen-bond acceptors (Lipinski definition) is 4. The maximum absolute atomic E-state index is 12.1. The van der Waals surface area contributed by atoms with Crippen LogP contribution in [0.1, 0.15) is 5.56 Å². The highest BCUT2D eigenvalue weighted by atomic mass is 19.3. The number of anilines is 2. The first-order valence-electron chi connectivity index (χ1n) is 7.74. The molecule has 2 aromatic carbocycles. The molecule has 2 rings (SSSR count). The number of ether oxygens (including phenoxy) is 1. The number of likely N-dealkylation sites (N-methyl/N-ethyl adjacent to an activating group) is 1. The Hall–Kier alpha value is -2.34. The van der Waals surface area contributed by atoms with Crippen molar-refractivity contribution in [3.8, 4) is 5.75 Å². The summed E-state index contributed by atoms with van der Waals surface area (Å²) in [6.45, 7) is 0.746. The van der Waals surface area contributed by atoms with E-state index in [4.69, 9.17) is 9.84 Å². The third-order valence-corrected chi connectivity index (χ3v) is 3.54. The lowest BCUT2D eigenvalue weighted by Gasteiger charge is -2.18.